The Kier molecular flexibility index (Phi) is 5.91. The first-order valence-electron chi connectivity index (χ1n) is 8.46. The van der Waals surface area contributed by atoms with Crippen molar-refractivity contribution in [1.29, 1.82) is 0 Å². The first-order chi connectivity index (χ1) is 10.9. The van der Waals surface area contributed by atoms with Gasteiger partial charge in [0.05, 0.1) is 13.5 Å². The smallest absolute Gasteiger partial charge is 0.310 e. The molecule has 23 heavy (non-hydrogen) atoms. The molecule has 0 aliphatic heterocycles. The van der Waals surface area contributed by atoms with Crippen LogP contribution in [-0.4, -0.2) is 24.3 Å². The molecule has 2 rings (SSSR count). The number of aromatic hydroxyl groups is 1. The van der Waals surface area contributed by atoms with E-state index >= 15 is 0 Å². The summed E-state index contributed by atoms with van der Waals surface area (Å²) in [7, 11) is 1.49. The van der Waals surface area contributed by atoms with E-state index in [0.717, 1.165) is 18.4 Å². The summed E-state index contributed by atoms with van der Waals surface area (Å²) in [5.41, 5.74) is 0.787. The maximum Gasteiger partial charge on any atom is 0.310 e. The van der Waals surface area contributed by atoms with Crippen molar-refractivity contribution in [1.82, 2.24) is 0 Å². The molecule has 1 N–H and O–H groups in total. The highest BCUT2D eigenvalue weighted by atomic mass is 16.5. The minimum Gasteiger partial charge on any atom is -0.504 e. The van der Waals surface area contributed by atoms with Crippen LogP contribution in [0.15, 0.2) is 18.2 Å². The standard InChI is InChI=1S/C19H28O4/c1-12(2)15-7-5-13(3)9-17(15)23-19(21)11-14-6-8-16(20)18(10-14)22-4/h6,8,10,12-13,15,17,20H,5,7,9,11H2,1-4H3/t13?,15-,17+/m0/s1. The van der Waals surface area contributed by atoms with Crippen LogP contribution in [0.4, 0.5) is 0 Å². The van der Waals surface area contributed by atoms with E-state index in [-0.39, 0.29) is 24.2 Å². The number of carbonyl (C=O) groups is 1. The predicted molar refractivity (Wildman–Crippen MR) is 89.6 cm³/mol. The number of esters is 1. The van der Waals surface area contributed by atoms with Gasteiger partial charge < -0.3 is 14.6 Å². The molecule has 1 aliphatic rings. The summed E-state index contributed by atoms with van der Waals surface area (Å²) in [6, 6.07) is 4.95. The largest absolute Gasteiger partial charge is 0.504 e. The summed E-state index contributed by atoms with van der Waals surface area (Å²) >= 11 is 0. The highest BCUT2D eigenvalue weighted by Crippen LogP contribution is 2.35. The second-order valence-electron chi connectivity index (χ2n) is 7.04. The maximum atomic E-state index is 12.3. The van der Waals surface area contributed by atoms with E-state index in [1.807, 2.05) is 0 Å². The van der Waals surface area contributed by atoms with Crippen molar-refractivity contribution in [2.45, 2.75) is 52.6 Å². The summed E-state index contributed by atoms with van der Waals surface area (Å²) in [5.74, 6) is 1.82. The number of benzene rings is 1. The zero-order valence-corrected chi connectivity index (χ0v) is 14.5. The lowest BCUT2D eigenvalue weighted by Crippen LogP contribution is -2.36. The van der Waals surface area contributed by atoms with Crippen molar-refractivity contribution in [3.63, 3.8) is 0 Å². The van der Waals surface area contributed by atoms with Crippen LogP contribution in [0, 0.1) is 17.8 Å². The average molecular weight is 320 g/mol. The van der Waals surface area contributed by atoms with Crippen LogP contribution >= 0.6 is 0 Å². The molecule has 1 fully saturated rings. The number of hydrogen-bond donors (Lipinski definition) is 1. The normalized spacial score (nSPS) is 24.5. The van der Waals surface area contributed by atoms with Gasteiger partial charge in [-0.2, -0.15) is 0 Å². The molecule has 0 saturated heterocycles. The predicted octanol–water partition coefficient (Wildman–Crippen LogP) is 3.95. The Morgan fingerprint density at radius 1 is 1.35 bits per heavy atom. The number of phenolic OH excluding ortho intramolecular Hbond substituents is 1. The lowest BCUT2D eigenvalue weighted by molar-refractivity contribution is -0.155. The lowest BCUT2D eigenvalue weighted by atomic mass is 9.75. The van der Waals surface area contributed by atoms with Gasteiger partial charge in [-0.3, -0.25) is 4.79 Å². The monoisotopic (exact) mass is 320 g/mol. The Balaban J connectivity index is 2.00. The molecular weight excluding hydrogens is 292 g/mol. The number of carbonyl (C=O) groups excluding carboxylic acids is 1. The minimum atomic E-state index is -0.206. The Morgan fingerprint density at radius 3 is 2.74 bits per heavy atom. The second-order valence-corrected chi connectivity index (χ2v) is 7.04. The summed E-state index contributed by atoms with van der Waals surface area (Å²) in [4.78, 5) is 12.3. The third kappa shape index (κ3) is 4.63. The van der Waals surface area contributed by atoms with E-state index in [0.29, 0.717) is 23.5 Å². The fourth-order valence-electron chi connectivity index (χ4n) is 3.46. The van der Waals surface area contributed by atoms with E-state index in [1.54, 1.807) is 18.2 Å². The Labute approximate surface area is 138 Å². The van der Waals surface area contributed by atoms with Gasteiger partial charge in [0, 0.05) is 0 Å². The Hall–Kier alpha value is -1.71. The molecule has 0 heterocycles. The molecule has 1 aromatic rings. The molecule has 0 bridgehead atoms. The van der Waals surface area contributed by atoms with Crippen LogP contribution < -0.4 is 4.74 Å². The molecule has 4 nitrogen and oxygen atoms in total. The molecule has 1 aliphatic carbocycles. The van der Waals surface area contributed by atoms with Gasteiger partial charge in [-0.05, 0) is 48.3 Å². The van der Waals surface area contributed by atoms with Gasteiger partial charge in [-0.25, -0.2) is 0 Å². The van der Waals surface area contributed by atoms with Crippen LogP contribution in [0.1, 0.15) is 45.6 Å². The zero-order chi connectivity index (χ0) is 17.0. The van der Waals surface area contributed by atoms with E-state index < -0.39 is 0 Å². The van der Waals surface area contributed by atoms with Gasteiger partial charge in [0.15, 0.2) is 11.5 Å². The Bertz CT molecular complexity index is 538. The SMILES string of the molecule is COc1cc(CC(=O)O[C@@H]2CC(C)CC[C@H]2C(C)C)ccc1O. The van der Waals surface area contributed by atoms with Crippen LogP contribution in [0.3, 0.4) is 0 Å². The van der Waals surface area contributed by atoms with Crippen molar-refractivity contribution < 1.29 is 19.4 Å². The topological polar surface area (TPSA) is 55.8 Å². The molecule has 0 amide bonds. The van der Waals surface area contributed by atoms with E-state index in [2.05, 4.69) is 20.8 Å². The number of hydrogen-bond acceptors (Lipinski definition) is 4. The van der Waals surface area contributed by atoms with Crippen molar-refractivity contribution in [3.05, 3.63) is 23.8 Å². The van der Waals surface area contributed by atoms with Gasteiger partial charge in [0.1, 0.15) is 6.10 Å². The van der Waals surface area contributed by atoms with Gasteiger partial charge in [-0.1, -0.05) is 33.3 Å². The fourth-order valence-corrected chi connectivity index (χ4v) is 3.46. The molecule has 1 saturated carbocycles. The second kappa shape index (κ2) is 7.71. The number of rotatable bonds is 5. The number of ether oxygens (including phenoxy) is 2. The maximum absolute atomic E-state index is 12.3. The van der Waals surface area contributed by atoms with Gasteiger partial charge in [-0.15, -0.1) is 0 Å². The summed E-state index contributed by atoms with van der Waals surface area (Å²) in [6.45, 7) is 6.63. The molecular formula is C19H28O4. The van der Waals surface area contributed by atoms with Crippen molar-refractivity contribution in [3.8, 4) is 11.5 Å². The molecule has 4 heteroatoms. The van der Waals surface area contributed by atoms with Crippen molar-refractivity contribution in [2.75, 3.05) is 7.11 Å². The van der Waals surface area contributed by atoms with E-state index in [4.69, 9.17) is 9.47 Å². The molecule has 1 unspecified atom stereocenters. The zero-order valence-electron chi connectivity index (χ0n) is 14.5. The molecule has 3 atom stereocenters. The molecule has 0 spiro atoms. The summed E-state index contributed by atoms with van der Waals surface area (Å²) < 4.78 is 10.9. The third-order valence-electron chi connectivity index (χ3n) is 4.84. The number of methoxy groups -OCH3 is 1. The summed E-state index contributed by atoms with van der Waals surface area (Å²) in [6.07, 6.45) is 3.51. The van der Waals surface area contributed by atoms with Gasteiger partial charge >= 0.3 is 5.97 Å². The first kappa shape index (κ1) is 17.6. The number of phenols is 1. The lowest BCUT2D eigenvalue weighted by Gasteiger charge is -2.36. The van der Waals surface area contributed by atoms with Crippen LogP contribution in [0.5, 0.6) is 11.5 Å². The quantitative estimate of drug-likeness (QED) is 0.835. The van der Waals surface area contributed by atoms with E-state index in [1.165, 1.54) is 13.5 Å². The molecule has 0 aromatic heterocycles. The van der Waals surface area contributed by atoms with Crippen molar-refractivity contribution in [2.24, 2.45) is 17.8 Å². The summed E-state index contributed by atoms with van der Waals surface area (Å²) in [5, 5.41) is 9.61. The molecule has 0 radical (unpaired) electrons. The van der Waals surface area contributed by atoms with E-state index in [9.17, 15) is 9.90 Å². The van der Waals surface area contributed by atoms with Crippen LogP contribution in [0.25, 0.3) is 0 Å². The average Bonchev–Trinajstić information content (AvgIpc) is 2.48. The minimum absolute atomic E-state index is 0.0188. The first-order valence-corrected chi connectivity index (χ1v) is 8.46. The molecule has 128 valence electrons. The van der Waals surface area contributed by atoms with Crippen LogP contribution in [-0.2, 0) is 16.0 Å². The van der Waals surface area contributed by atoms with Gasteiger partial charge in [0.25, 0.3) is 0 Å². The molecule has 1 aromatic carbocycles. The fraction of sp³-hybridized carbons (Fsp3) is 0.632. The Morgan fingerprint density at radius 2 is 2.09 bits per heavy atom. The van der Waals surface area contributed by atoms with Crippen LogP contribution in [0.2, 0.25) is 0 Å². The van der Waals surface area contributed by atoms with Crippen molar-refractivity contribution >= 4 is 5.97 Å². The highest BCUT2D eigenvalue weighted by molar-refractivity contribution is 5.73. The third-order valence-corrected chi connectivity index (χ3v) is 4.84. The highest BCUT2D eigenvalue weighted by Gasteiger charge is 2.33. The van der Waals surface area contributed by atoms with Gasteiger partial charge in [0.2, 0.25) is 0 Å².